The number of imidazole rings is 1. The van der Waals surface area contributed by atoms with Crippen LogP contribution in [0.2, 0.25) is 0 Å². The number of hydrogen-bond acceptors (Lipinski definition) is 4. The number of methoxy groups -OCH3 is 1. The SMILES string of the molecule is COc1cccc(NCc2cnc[nH]2)c1N. The zero-order chi connectivity index (χ0) is 11.4. The fourth-order valence-electron chi connectivity index (χ4n) is 1.45. The van der Waals surface area contributed by atoms with Gasteiger partial charge >= 0.3 is 0 Å². The second-order valence-electron chi connectivity index (χ2n) is 3.35. The van der Waals surface area contributed by atoms with Crippen LogP contribution in [0.1, 0.15) is 5.69 Å². The smallest absolute Gasteiger partial charge is 0.143 e. The number of rotatable bonds is 4. The van der Waals surface area contributed by atoms with Gasteiger partial charge in [-0.05, 0) is 12.1 Å². The first-order valence-electron chi connectivity index (χ1n) is 4.95. The van der Waals surface area contributed by atoms with Gasteiger partial charge in [0.15, 0.2) is 0 Å². The normalized spacial score (nSPS) is 10.1. The molecule has 0 unspecified atom stereocenters. The first-order valence-corrected chi connectivity index (χ1v) is 4.95. The number of nitrogen functional groups attached to an aromatic ring is 1. The number of aromatic amines is 1. The highest BCUT2D eigenvalue weighted by atomic mass is 16.5. The summed E-state index contributed by atoms with van der Waals surface area (Å²) in [5, 5.41) is 3.21. The number of hydrogen-bond donors (Lipinski definition) is 3. The van der Waals surface area contributed by atoms with E-state index in [4.69, 9.17) is 10.5 Å². The third kappa shape index (κ3) is 2.08. The summed E-state index contributed by atoms with van der Waals surface area (Å²) in [6.45, 7) is 0.650. The Balaban J connectivity index is 2.09. The van der Waals surface area contributed by atoms with E-state index in [1.54, 1.807) is 19.6 Å². The topological polar surface area (TPSA) is 76.0 Å². The third-order valence-corrected chi connectivity index (χ3v) is 2.31. The van der Waals surface area contributed by atoms with E-state index in [-0.39, 0.29) is 0 Å². The maximum absolute atomic E-state index is 5.92. The maximum atomic E-state index is 5.92. The van der Waals surface area contributed by atoms with E-state index in [1.165, 1.54) is 0 Å². The largest absolute Gasteiger partial charge is 0.495 e. The van der Waals surface area contributed by atoms with Gasteiger partial charge in [-0.25, -0.2) is 4.98 Å². The highest BCUT2D eigenvalue weighted by molar-refractivity contribution is 5.72. The van der Waals surface area contributed by atoms with E-state index >= 15 is 0 Å². The molecule has 5 heteroatoms. The van der Waals surface area contributed by atoms with E-state index < -0.39 is 0 Å². The molecule has 1 aromatic heterocycles. The lowest BCUT2D eigenvalue weighted by molar-refractivity contribution is 0.417. The summed E-state index contributed by atoms with van der Waals surface area (Å²) in [7, 11) is 1.60. The zero-order valence-electron chi connectivity index (χ0n) is 9.03. The van der Waals surface area contributed by atoms with Crippen LogP contribution in [0.15, 0.2) is 30.7 Å². The van der Waals surface area contributed by atoms with Crippen molar-refractivity contribution >= 4 is 11.4 Å². The van der Waals surface area contributed by atoms with Crippen molar-refractivity contribution in [3.8, 4) is 5.75 Å². The molecule has 1 aromatic carbocycles. The van der Waals surface area contributed by atoms with Crippen molar-refractivity contribution < 1.29 is 4.74 Å². The number of nitrogens with one attached hydrogen (secondary N) is 2. The first kappa shape index (κ1) is 10.4. The molecule has 0 saturated carbocycles. The molecule has 0 amide bonds. The highest BCUT2D eigenvalue weighted by Crippen LogP contribution is 2.28. The average molecular weight is 218 g/mol. The predicted octanol–water partition coefficient (Wildman–Crippen LogP) is 1.61. The molecule has 0 spiro atoms. The van der Waals surface area contributed by atoms with Gasteiger partial charge < -0.3 is 20.8 Å². The number of anilines is 2. The van der Waals surface area contributed by atoms with E-state index in [0.29, 0.717) is 18.0 Å². The molecule has 0 atom stereocenters. The van der Waals surface area contributed by atoms with Gasteiger partial charge in [0.05, 0.1) is 37.1 Å². The van der Waals surface area contributed by atoms with E-state index in [9.17, 15) is 0 Å². The van der Waals surface area contributed by atoms with Crippen molar-refractivity contribution in [2.24, 2.45) is 0 Å². The van der Waals surface area contributed by atoms with Crippen LogP contribution in [0.5, 0.6) is 5.75 Å². The Bertz CT molecular complexity index is 453. The van der Waals surface area contributed by atoms with E-state index in [2.05, 4.69) is 15.3 Å². The van der Waals surface area contributed by atoms with Gasteiger partial charge in [0.1, 0.15) is 5.75 Å². The van der Waals surface area contributed by atoms with Crippen LogP contribution in [0, 0.1) is 0 Å². The molecule has 4 N–H and O–H groups in total. The number of H-pyrrole nitrogens is 1. The second-order valence-corrected chi connectivity index (χ2v) is 3.35. The lowest BCUT2D eigenvalue weighted by Gasteiger charge is -2.11. The number of nitrogens with two attached hydrogens (primary N) is 1. The lowest BCUT2D eigenvalue weighted by atomic mass is 10.2. The van der Waals surface area contributed by atoms with Crippen LogP contribution in [-0.2, 0) is 6.54 Å². The van der Waals surface area contributed by atoms with Gasteiger partial charge in [-0.15, -0.1) is 0 Å². The Morgan fingerprint density at radius 2 is 2.38 bits per heavy atom. The Hall–Kier alpha value is -2.17. The number of ether oxygens (including phenoxy) is 1. The maximum Gasteiger partial charge on any atom is 0.143 e. The van der Waals surface area contributed by atoms with E-state index in [0.717, 1.165) is 11.4 Å². The van der Waals surface area contributed by atoms with Crippen molar-refractivity contribution in [2.75, 3.05) is 18.2 Å². The van der Waals surface area contributed by atoms with Gasteiger partial charge in [0, 0.05) is 6.20 Å². The van der Waals surface area contributed by atoms with Gasteiger partial charge in [-0.2, -0.15) is 0 Å². The molecule has 5 nitrogen and oxygen atoms in total. The summed E-state index contributed by atoms with van der Waals surface area (Å²) in [5.41, 5.74) is 8.39. The summed E-state index contributed by atoms with van der Waals surface area (Å²) < 4.78 is 5.14. The van der Waals surface area contributed by atoms with Crippen LogP contribution in [-0.4, -0.2) is 17.1 Å². The van der Waals surface area contributed by atoms with Gasteiger partial charge in [-0.1, -0.05) is 6.07 Å². The molecule has 0 saturated heterocycles. The van der Waals surface area contributed by atoms with Crippen LogP contribution in [0.4, 0.5) is 11.4 Å². The summed E-state index contributed by atoms with van der Waals surface area (Å²) in [4.78, 5) is 6.95. The molecule has 16 heavy (non-hydrogen) atoms. The second kappa shape index (κ2) is 4.57. The standard InChI is InChI=1S/C11H14N4O/c1-16-10-4-2-3-9(11(10)12)14-6-8-5-13-7-15-8/h2-5,7,14H,6,12H2,1H3,(H,13,15). The van der Waals surface area contributed by atoms with Crippen molar-refractivity contribution in [3.63, 3.8) is 0 Å². The number of nitrogens with zero attached hydrogens (tertiary/aromatic N) is 1. The number of aromatic nitrogens is 2. The molecule has 0 aliphatic carbocycles. The monoisotopic (exact) mass is 218 g/mol. The Morgan fingerprint density at radius 3 is 3.06 bits per heavy atom. The number of benzene rings is 1. The Kier molecular flexibility index (Phi) is 2.95. The Morgan fingerprint density at radius 1 is 1.50 bits per heavy atom. The predicted molar refractivity (Wildman–Crippen MR) is 63.3 cm³/mol. The molecule has 0 aliphatic heterocycles. The molecular formula is C11H14N4O. The molecule has 0 radical (unpaired) electrons. The first-order chi connectivity index (χ1) is 7.81. The molecule has 2 rings (SSSR count). The zero-order valence-corrected chi connectivity index (χ0v) is 9.03. The van der Waals surface area contributed by atoms with E-state index in [1.807, 2.05) is 18.2 Å². The van der Waals surface area contributed by atoms with Gasteiger partial charge in [0.25, 0.3) is 0 Å². The molecule has 0 fully saturated rings. The van der Waals surface area contributed by atoms with Crippen LogP contribution in [0.3, 0.4) is 0 Å². The fraction of sp³-hybridized carbons (Fsp3) is 0.182. The summed E-state index contributed by atoms with van der Waals surface area (Å²) in [5.74, 6) is 0.676. The van der Waals surface area contributed by atoms with Crippen molar-refractivity contribution in [1.82, 2.24) is 9.97 Å². The minimum atomic E-state index is 0.615. The summed E-state index contributed by atoms with van der Waals surface area (Å²) in [6.07, 6.45) is 3.41. The van der Waals surface area contributed by atoms with Crippen LogP contribution in [0.25, 0.3) is 0 Å². The Labute approximate surface area is 93.7 Å². The molecule has 1 heterocycles. The minimum absolute atomic E-state index is 0.615. The van der Waals surface area contributed by atoms with Gasteiger partial charge in [-0.3, -0.25) is 0 Å². The molecule has 84 valence electrons. The average Bonchev–Trinajstić information content (AvgIpc) is 2.81. The minimum Gasteiger partial charge on any atom is -0.495 e. The number of para-hydroxylation sites is 1. The molecule has 0 aliphatic rings. The highest BCUT2D eigenvalue weighted by Gasteiger charge is 2.04. The van der Waals surface area contributed by atoms with Crippen LogP contribution >= 0.6 is 0 Å². The van der Waals surface area contributed by atoms with Crippen LogP contribution < -0.4 is 15.8 Å². The quantitative estimate of drug-likeness (QED) is 0.681. The summed E-state index contributed by atoms with van der Waals surface area (Å²) >= 11 is 0. The third-order valence-electron chi connectivity index (χ3n) is 2.31. The van der Waals surface area contributed by atoms with Crippen molar-refractivity contribution in [2.45, 2.75) is 6.54 Å². The molecule has 2 aromatic rings. The van der Waals surface area contributed by atoms with Gasteiger partial charge in [0.2, 0.25) is 0 Å². The van der Waals surface area contributed by atoms with Crippen molar-refractivity contribution in [3.05, 3.63) is 36.4 Å². The fourth-order valence-corrected chi connectivity index (χ4v) is 1.45. The molecule has 0 bridgehead atoms. The lowest BCUT2D eigenvalue weighted by Crippen LogP contribution is -2.03. The molecular weight excluding hydrogens is 204 g/mol. The summed E-state index contributed by atoms with van der Waals surface area (Å²) in [6, 6.07) is 5.63. The van der Waals surface area contributed by atoms with Crippen molar-refractivity contribution in [1.29, 1.82) is 0 Å².